The van der Waals surface area contributed by atoms with Crippen LogP contribution in [0.25, 0.3) is 0 Å². The molecule has 0 unspecified atom stereocenters. The first-order chi connectivity index (χ1) is 14.3. The third-order valence-electron chi connectivity index (χ3n) is 6.28. The summed E-state index contributed by atoms with van der Waals surface area (Å²) in [5.74, 6) is -0.235. The zero-order valence-corrected chi connectivity index (χ0v) is 18.7. The number of ether oxygens (including phenoxy) is 1. The molecule has 30 heavy (non-hydrogen) atoms. The smallest absolute Gasteiger partial charge is 0.338 e. The number of amides is 1. The van der Waals surface area contributed by atoms with Gasteiger partial charge >= 0.3 is 5.97 Å². The molecule has 2 aliphatic rings. The Morgan fingerprint density at radius 3 is 2.43 bits per heavy atom. The summed E-state index contributed by atoms with van der Waals surface area (Å²) in [6.07, 6.45) is 6.84. The van der Waals surface area contributed by atoms with Crippen LogP contribution in [0.5, 0.6) is 0 Å². The highest BCUT2D eigenvalue weighted by atomic mass is 32.2. The van der Waals surface area contributed by atoms with Crippen LogP contribution in [0, 0.1) is 5.92 Å². The number of benzene rings is 1. The average molecular weight is 437 g/mol. The molecule has 166 valence electrons. The second-order valence-corrected chi connectivity index (χ2v) is 10.4. The summed E-state index contributed by atoms with van der Waals surface area (Å²) in [6, 6.07) is 6.05. The lowest BCUT2D eigenvalue weighted by molar-refractivity contribution is -0.136. The van der Waals surface area contributed by atoms with Crippen molar-refractivity contribution in [2.24, 2.45) is 5.92 Å². The van der Waals surface area contributed by atoms with Gasteiger partial charge in [0.25, 0.3) is 5.91 Å². The number of esters is 1. The van der Waals surface area contributed by atoms with Crippen molar-refractivity contribution in [2.45, 2.75) is 62.8 Å². The number of hydrogen-bond acceptors (Lipinski definition) is 5. The Bertz CT molecular complexity index is 856. The molecule has 0 N–H and O–H groups in total. The summed E-state index contributed by atoms with van der Waals surface area (Å²) < 4.78 is 32.3. The van der Waals surface area contributed by atoms with Crippen molar-refractivity contribution in [1.29, 1.82) is 0 Å². The molecule has 0 radical (unpaired) electrons. The summed E-state index contributed by atoms with van der Waals surface area (Å²) in [4.78, 5) is 26.6. The molecule has 1 aromatic carbocycles. The summed E-state index contributed by atoms with van der Waals surface area (Å²) in [6.45, 7) is 2.87. The van der Waals surface area contributed by atoms with Gasteiger partial charge < -0.3 is 9.64 Å². The number of carbonyl (C=O) groups excluding carboxylic acids is 2. The van der Waals surface area contributed by atoms with E-state index >= 15 is 0 Å². The molecule has 0 bridgehead atoms. The van der Waals surface area contributed by atoms with Gasteiger partial charge in [-0.15, -0.1) is 0 Å². The predicted octanol–water partition coefficient (Wildman–Crippen LogP) is 3.06. The van der Waals surface area contributed by atoms with Gasteiger partial charge in [-0.3, -0.25) is 4.79 Å². The van der Waals surface area contributed by atoms with E-state index in [9.17, 15) is 18.0 Å². The number of nitrogens with zero attached hydrogens (tertiary/aromatic N) is 2. The van der Waals surface area contributed by atoms with Crippen molar-refractivity contribution in [2.75, 3.05) is 26.7 Å². The SMILES string of the molecule is CC1CCC(N(C)C(=O)COC(=O)c2cccc(S(=O)(=O)N3CCCCC3)c2)CC1. The van der Waals surface area contributed by atoms with Crippen molar-refractivity contribution < 1.29 is 22.7 Å². The van der Waals surface area contributed by atoms with Crippen LogP contribution in [0.4, 0.5) is 0 Å². The van der Waals surface area contributed by atoms with E-state index in [-0.39, 0.29) is 29.0 Å². The van der Waals surface area contributed by atoms with Crippen LogP contribution in [0.2, 0.25) is 0 Å². The fourth-order valence-electron chi connectivity index (χ4n) is 4.18. The molecule has 1 saturated heterocycles. The molecule has 0 atom stereocenters. The second kappa shape index (κ2) is 9.92. The van der Waals surface area contributed by atoms with Crippen LogP contribution in [0.1, 0.15) is 62.2 Å². The first-order valence-corrected chi connectivity index (χ1v) is 12.3. The van der Waals surface area contributed by atoms with E-state index in [1.54, 1.807) is 11.9 Å². The lowest BCUT2D eigenvalue weighted by atomic mass is 9.87. The van der Waals surface area contributed by atoms with Gasteiger partial charge in [0.2, 0.25) is 10.0 Å². The monoisotopic (exact) mass is 436 g/mol. The fraction of sp³-hybridized carbons (Fsp3) is 0.636. The normalized spacial score (nSPS) is 23.0. The molecule has 3 rings (SSSR count). The number of carbonyl (C=O) groups is 2. The van der Waals surface area contributed by atoms with Crippen LogP contribution >= 0.6 is 0 Å². The Kier molecular flexibility index (Phi) is 7.52. The van der Waals surface area contributed by atoms with E-state index in [0.717, 1.165) is 44.9 Å². The topological polar surface area (TPSA) is 84.0 Å². The van der Waals surface area contributed by atoms with Gasteiger partial charge in [0, 0.05) is 26.2 Å². The maximum absolute atomic E-state index is 12.8. The minimum Gasteiger partial charge on any atom is -0.452 e. The zero-order chi connectivity index (χ0) is 21.7. The van der Waals surface area contributed by atoms with E-state index < -0.39 is 16.0 Å². The van der Waals surface area contributed by atoms with Crippen molar-refractivity contribution in [3.63, 3.8) is 0 Å². The third kappa shape index (κ3) is 5.40. The van der Waals surface area contributed by atoms with Gasteiger partial charge in [-0.25, -0.2) is 13.2 Å². The molecular weight excluding hydrogens is 404 g/mol. The molecule has 1 saturated carbocycles. The summed E-state index contributed by atoms with van der Waals surface area (Å²) in [5, 5.41) is 0. The quantitative estimate of drug-likeness (QED) is 0.640. The Hall–Kier alpha value is -1.93. The van der Waals surface area contributed by atoms with Crippen molar-refractivity contribution in [3.8, 4) is 0 Å². The van der Waals surface area contributed by atoms with Gasteiger partial charge in [0.15, 0.2) is 6.61 Å². The summed E-state index contributed by atoms with van der Waals surface area (Å²) >= 11 is 0. The highest BCUT2D eigenvalue weighted by molar-refractivity contribution is 7.89. The molecule has 8 heteroatoms. The summed E-state index contributed by atoms with van der Waals surface area (Å²) in [5.41, 5.74) is 0.134. The van der Waals surface area contributed by atoms with Crippen molar-refractivity contribution >= 4 is 21.9 Å². The van der Waals surface area contributed by atoms with E-state index in [1.807, 2.05) is 0 Å². The third-order valence-corrected chi connectivity index (χ3v) is 8.17. The molecule has 2 fully saturated rings. The molecule has 0 aromatic heterocycles. The Labute approximate surface area is 179 Å². The Morgan fingerprint density at radius 2 is 1.77 bits per heavy atom. The van der Waals surface area contributed by atoms with Crippen LogP contribution < -0.4 is 0 Å². The molecule has 1 amide bonds. The predicted molar refractivity (Wildman–Crippen MR) is 114 cm³/mol. The maximum atomic E-state index is 12.8. The first-order valence-electron chi connectivity index (χ1n) is 10.8. The minimum atomic E-state index is -3.63. The van der Waals surface area contributed by atoms with Gasteiger partial charge in [-0.1, -0.05) is 19.4 Å². The Balaban J connectivity index is 1.59. The van der Waals surface area contributed by atoms with E-state index in [0.29, 0.717) is 19.0 Å². The molecule has 7 nitrogen and oxygen atoms in total. The van der Waals surface area contributed by atoms with E-state index in [1.165, 1.54) is 28.6 Å². The van der Waals surface area contributed by atoms with Gasteiger partial charge in [-0.05, 0) is 62.6 Å². The van der Waals surface area contributed by atoms with Gasteiger partial charge in [0.05, 0.1) is 10.5 Å². The number of hydrogen-bond donors (Lipinski definition) is 0. The first kappa shape index (κ1) is 22.7. The number of rotatable bonds is 6. The second-order valence-electron chi connectivity index (χ2n) is 8.49. The van der Waals surface area contributed by atoms with E-state index in [2.05, 4.69) is 6.92 Å². The maximum Gasteiger partial charge on any atom is 0.338 e. The molecule has 1 heterocycles. The molecule has 0 spiro atoms. The molecule has 1 aromatic rings. The fourth-order valence-corrected chi connectivity index (χ4v) is 5.75. The molecule has 1 aliphatic carbocycles. The highest BCUT2D eigenvalue weighted by Crippen LogP contribution is 2.26. The Morgan fingerprint density at radius 1 is 1.10 bits per heavy atom. The average Bonchev–Trinajstić information content (AvgIpc) is 2.78. The largest absolute Gasteiger partial charge is 0.452 e. The molecular formula is C22H32N2O5S. The van der Waals surface area contributed by atoms with Gasteiger partial charge in [0.1, 0.15) is 0 Å². The number of piperidine rings is 1. The standard InChI is InChI=1S/C22H32N2O5S/c1-17-9-11-19(12-10-17)23(2)21(25)16-29-22(26)18-7-6-8-20(15-18)30(27,28)24-13-4-3-5-14-24/h6-8,15,17,19H,3-5,9-14,16H2,1-2H3. The summed E-state index contributed by atoms with van der Waals surface area (Å²) in [7, 11) is -1.88. The van der Waals surface area contributed by atoms with Crippen LogP contribution in [0.15, 0.2) is 29.2 Å². The lowest BCUT2D eigenvalue weighted by Gasteiger charge is -2.33. The van der Waals surface area contributed by atoms with Crippen molar-refractivity contribution in [3.05, 3.63) is 29.8 Å². The minimum absolute atomic E-state index is 0.0821. The number of likely N-dealkylation sites (N-methyl/N-ethyl adjacent to an activating group) is 1. The van der Waals surface area contributed by atoms with Crippen LogP contribution in [0.3, 0.4) is 0 Å². The van der Waals surface area contributed by atoms with Gasteiger partial charge in [-0.2, -0.15) is 4.31 Å². The molecule has 1 aliphatic heterocycles. The number of sulfonamides is 1. The highest BCUT2D eigenvalue weighted by Gasteiger charge is 2.28. The van der Waals surface area contributed by atoms with Crippen LogP contribution in [-0.2, 0) is 19.6 Å². The van der Waals surface area contributed by atoms with Crippen molar-refractivity contribution in [1.82, 2.24) is 9.21 Å². The lowest BCUT2D eigenvalue weighted by Crippen LogP contribution is -2.41. The van der Waals surface area contributed by atoms with E-state index in [4.69, 9.17) is 4.74 Å². The zero-order valence-electron chi connectivity index (χ0n) is 17.9. The van der Waals surface area contributed by atoms with Crippen LogP contribution in [-0.4, -0.2) is 62.3 Å².